The molecular weight excluding hydrogens is 352 g/mol. The molecule has 0 unspecified atom stereocenters. The molecule has 1 aromatic rings. The van der Waals surface area contributed by atoms with E-state index in [1.807, 2.05) is 26.0 Å². The lowest BCUT2D eigenvalue weighted by Crippen LogP contribution is -2.05. The molecule has 0 radical (unpaired) electrons. The maximum Gasteiger partial charge on any atom is 0.306 e. The number of hydrogen-bond donors (Lipinski definition) is 3. The van der Waals surface area contributed by atoms with Gasteiger partial charge in [-0.1, -0.05) is 13.0 Å². The topological polar surface area (TPSA) is 116 Å². The van der Waals surface area contributed by atoms with Crippen LogP contribution in [-0.2, 0) is 20.7 Å². The van der Waals surface area contributed by atoms with Crippen LogP contribution < -0.4 is 11.5 Å². The minimum Gasteiger partial charge on any atom is -0.506 e. The Morgan fingerprint density at radius 3 is 2.36 bits per heavy atom. The molecule has 5 N–H and O–H groups in total. The van der Waals surface area contributed by atoms with Crippen LogP contribution in [0.15, 0.2) is 16.6 Å². The fraction of sp³-hybridized carbons (Fsp3) is 0.467. The van der Waals surface area contributed by atoms with Crippen molar-refractivity contribution in [3.63, 3.8) is 0 Å². The van der Waals surface area contributed by atoms with E-state index in [2.05, 4.69) is 21.7 Å². The molecule has 0 aliphatic rings. The highest BCUT2D eigenvalue weighted by Crippen LogP contribution is 2.30. The van der Waals surface area contributed by atoms with Gasteiger partial charge >= 0.3 is 5.97 Å². The summed E-state index contributed by atoms with van der Waals surface area (Å²) >= 11 is 3.27. The smallest absolute Gasteiger partial charge is 0.306 e. The first-order chi connectivity index (χ1) is 10.4. The number of benzene rings is 1. The van der Waals surface area contributed by atoms with Crippen molar-refractivity contribution in [3.8, 4) is 5.75 Å². The standard InChI is InChI=1S/C12H15BrO3.C2H7N.CH3NO/c1-3-16-11(14)5-4-9-6-8(2)7-10(13)12(9)15;1-2-3;2-1-3/h6-7,15H,3-5H2,1-2H3;2-3H2,1H3;1H,(H2,2,3). The number of esters is 1. The normalized spacial score (nSPS) is 8.77. The van der Waals surface area contributed by atoms with Crippen molar-refractivity contribution in [1.29, 1.82) is 0 Å². The quantitative estimate of drug-likeness (QED) is 0.549. The van der Waals surface area contributed by atoms with E-state index in [0.29, 0.717) is 17.5 Å². The van der Waals surface area contributed by atoms with Crippen LogP contribution in [0.2, 0.25) is 0 Å². The average Bonchev–Trinajstić information content (AvgIpc) is 2.43. The molecule has 22 heavy (non-hydrogen) atoms. The fourth-order valence-electron chi connectivity index (χ4n) is 1.47. The molecule has 0 aliphatic carbocycles. The van der Waals surface area contributed by atoms with Gasteiger partial charge in [0.1, 0.15) is 5.75 Å². The average molecular weight is 377 g/mol. The number of phenolic OH excluding ortho intramolecular Hbond substituents is 1. The van der Waals surface area contributed by atoms with Crippen molar-refractivity contribution < 1.29 is 19.4 Å². The lowest BCUT2D eigenvalue weighted by Gasteiger charge is -2.07. The zero-order chi connectivity index (χ0) is 17.5. The van der Waals surface area contributed by atoms with Gasteiger partial charge in [0.05, 0.1) is 11.1 Å². The fourth-order valence-corrected chi connectivity index (χ4v) is 2.08. The van der Waals surface area contributed by atoms with E-state index in [1.165, 1.54) is 0 Å². The number of carbonyl (C=O) groups excluding carboxylic acids is 2. The van der Waals surface area contributed by atoms with Crippen LogP contribution in [0, 0.1) is 6.92 Å². The minimum atomic E-state index is -0.237. The van der Waals surface area contributed by atoms with Crippen molar-refractivity contribution in [1.82, 2.24) is 0 Å². The molecule has 0 saturated carbocycles. The van der Waals surface area contributed by atoms with Crippen LogP contribution >= 0.6 is 15.9 Å². The first-order valence-corrected chi connectivity index (χ1v) is 7.66. The molecule has 0 atom stereocenters. The molecule has 1 rings (SSSR count). The minimum absolute atomic E-state index is 0.204. The van der Waals surface area contributed by atoms with Crippen molar-refractivity contribution in [2.75, 3.05) is 13.2 Å². The Kier molecular flexibility index (Phi) is 14.8. The molecule has 0 spiro atoms. The third-order valence-corrected chi connectivity index (χ3v) is 2.79. The largest absolute Gasteiger partial charge is 0.506 e. The highest BCUT2D eigenvalue weighted by atomic mass is 79.9. The molecule has 0 aromatic heterocycles. The Bertz CT molecular complexity index is 453. The maximum atomic E-state index is 11.2. The highest BCUT2D eigenvalue weighted by molar-refractivity contribution is 9.10. The van der Waals surface area contributed by atoms with Gasteiger partial charge in [0.25, 0.3) is 0 Å². The number of aromatic hydroxyl groups is 1. The molecule has 0 heterocycles. The van der Waals surface area contributed by atoms with Gasteiger partial charge in [-0.15, -0.1) is 0 Å². The van der Waals surface area contributed by atoms with Crippen LogP contribution in [0.25, 0.3) is 0 Å². The molecule has 7 heteroatoms. The molecule has 0 saturated heterocycles. The Labute approximate surface area is 140 Å². The lowest BCUT2D eigenvalue weighted by atomic mass is 10.1. The summed E-state index contributed by atoms with van der Waals surface area (Å²) in [6, 6.07) is 3.71. The predicted molar refractivity (Wildman–Crippen MR) is 90.5 cm³/mol. The summed E-state index contributed by atoms with van der Waals surface area (Å²) in [5.74, 6) is -0.0329. The Morgan fingerprint density at radius 2 is 1.91 bits per heavy atom. The van der Waals surface area contributed by atoms with Crippen LogP contribution in [0.5, 0.6) is 5.75 Å². The second kappa shape index (κ2) is 14.3. The van der Waals surface area contributed by atoms with Crippen molar-refractivity contribution in [2.24, 2.45) is 11.5 Å². The first kappa shape index (κ1) is 22.7. The molecule has 1 amide bonds. The van der Waals surface area contributed by atoms with E-state index in [1.54, 1.807) is 6.92 Å². The number of nitrogens with two attached hydrogens (primary N) is 2. The summed E-state index contributed by atoms with van der Waals surface area (Å²) in [5.41, 5.74) is 10.8. The van der Waals surface area contributed by atoms with Crippen molar-refractivity contribution in [2.45, 2.75) is 33.6 Å². The summed E-state index contributed by atoms with van der Waals surface area (Å²) < 4.78 is 5.49. The number of aryl methyl sites for hydroxylation is 2. The number of hydrogen-bond acceptors (Lipinski definition) is 5. The summed E-state index contributed by atoms with van der Waals surface area (Å²) in [4.78, 5) is 19.8. The second-order valence-corrected chi connectivity index (χ2v) is 4.96. The van der Waals surface area contributed by atoms with Gasteiger partial charge in [-0.25, -0.2) is 0 Å². The van der Waals surface area contributed by atoms with Gasteiger partial charge in [0.2, 0.25) is 6.41 Å². The van der Waals surface area contributed by atoms with Crippen LogP contribution in [0.4, 0.5) is 0 Å². The molecule has 0 aliphatic heterocycles. The Hall–Kier alpha value is -1.60. The predicted octanol–water partition coefficient (Wildman–Crippen LogP) is 2.03. The van der Waals surface area contributed by atoms with Gasteiger partial charge in [0, 0.05) is 6.42 Å². The maximum absolute atomic E-state index is 11.2. The van der Waals surface area contributed by atoms with Crippen LogP contribution in [0.3, 0.4) is 0 Å². The van der Waals surface area contributed by atoms with E-state index in [0.717, 1.165) is 17.7 Å². The number of halogens is 1. The SMILES string of the molecule is CCN.CCOC(=O)CCc1cc(C)cc(Br)c1O.NC=O. The summed E-state index contributed by atoms with van der Waals surface area (Å²) in [6.45, 7) is 6.76. The molecule has 0 fully saturated rings. The van der Waals surface area contributed by atoms with Crippen LogP contribution in [0.1, 0.15) is 31.4 Å². The van der Waals surface area contributed by atoms with E-state index in [4.69, 9.17) is 15.3 Å². The third kappa shape index (κ3) is 11.1. The zero-order valence-electron chi connectivity index (χ0n) is 13.3. The Morgan fingerprint density at radius 1 is 1.41 bits per heavy atom. The molecule has 0 bridgehead atoms. The lowest BCUT2D eigenvalue weighted by molar-refractivity contribution is -0.143. The van der Waals surface area contributed by atoms with Gasteiger partial charge in [-0.05, 0) is 59.9 Å². The monoisotopic (exact) mass is 376 g/mol. The van der Waals surface area contributed by atoms with Gasteiger partial charge in [-0.2, -0.15) is 0 Å². The van der Waals surface area contributed by atoms with E-state index in [-0.39, 0.29) is 24.5 Å². The number of amides is 1. The summed E-state index contributed by atoms with van der Waals surface area (Å²) in [7, 11) is 0. The van der Waals surface area contributed by atoms with Crippen LogP contribution in [-0.4, -0.2) is 30.6 Å². The molecular formula is C15H25BrN2O4. The summed E-state index contributed by atoms with van der Waals surface area (Å²) in [6.07, 6.45) is 1.03. The van der Waals surface area contributed by atoms with E-state index in [9.17, 15) is 9.90 Å². The van der Waals surface area contributed by atoms with Gasteiger partial charge in [-0.3, -0.25) is 9.59 Å². The van der Waals surface area contributed by atoms with Gasteiger partial charge in [0.15, 0.2) is 0 Å². The number of carbonyl (C=O) groups is 2. The number of ether oxygens (including phenoxy) is 1. The van der Waals surface area contributed by atoms with Gasteiger partial charge < -0.3 is 21.3 Å². The van der Waals surface area contributed by atoms with Crippen molar-refractivity contribution >= 4 is 28.3 Å². The number of rotatable bonds is 4. The Balaban J connectivity index is 0. The van der Waals surface area contributed by atoms with E-state index < -0.39 is 0 Å². The second-order valence-electron chi connectivity index (χ2n) is 4.10. The zero-order valence-corrected chi connectivity index (χ0v) is 14.9. The first-order valence-electron chi connectivity index (χ1n) is 6.86. The van der Waals surface area contributed by atoms with E-state index >= 15 is 0 Å². The highest BCUT2D eigenvalue weighted by Gasteiger charge is 2.09. The molecule has 126 valence electrons. The molecule has 1 aromatic carbocycles. The summed E-state index contributed by atoms with van der Waals surface area (Å²) in [5, 5.41) is 9.77. The number of phenols is 1. The number of primary amides is 1. The van der Waals surface area contributed by atoms with Crippen molar-refractivity contribution in [3.05, 3.63) is 27.7 Å². The molecule has 6 nitrogen and oxygen atoms in total. The third-order valence-electron chi connectivity index (χ3n) is 2.19.